The van der Waals surface area contributed by atoms with Crippen molar-refractivity contribution in [3.63, 3.8) is 0 Å². The fourth-order valence-electron chi connectivity index (χ4n) is 0.730. The Hall–Kier alpha value is -1.85. The molecule has 0 radical (unpaired) electrons. The fraction of sp³-hybridized carbons (Fsp3) is 0.286. The number of ether oxygens (including phenoxy) is 1. The number of carbonyl (C=O) groups excluding carboxylic acids is 3. The zero-order valence-electron chi connectivity index (χ0n) is 6.89. The van der Waals surface area contributed by atoms with Crippen molar-refractivity contribution in [1.29, 1.82) is 0 Å². The minimum Gasteiger partial charge on any atom is -0.412 e. The standard InChI is InChI=1S/C7H7N2O4/c1-2-13-7(12)9-4-3-8-5(10)6(9)11/h3-4H,2H2,1H3/q+1. The molecule has 0 aromatic rings. The maximum absolute atomic E-state index is 11.0. The highest BCUT2D eigenvalue weighted by Crippen LogP contribution is 1.91. The maximum atomic E-state index is 11.0. The molecule has 0 aromatic heterocycles. The van der Waals surface area contributed by atoms with Crippen molar-refractivity contribution in [2.24, 2.45) is 4.99 Å². The molecule has 13 heavy (non-hydrogen) atoms. The van der Waals surface area contributed by atoms with Gasteiger partial charge in [0.05, 0.1) is 12.8 Å². The van der Waals surface area contributed by atoms with Crippen molar-refractivity contribution in [3.05, 3.63) is 0 Å². The van der Waals surface area contributed by atoms with Crippen LogP contribution in [0.25, 0.3) is 0 Å². The van der Waals surface area contributed by atoms with E-state index in [1.165, 1.54) is 0 Å². The Morgan fingerprint density at radius 1 is 1.62 bits per heavy atom. The molecule has 1 aliphatic rings. The number of amides is 3. The molecular formula is C7H7N2O4+. The summed E-state index contributed by atoms with van der Waals surface area (Å²) in [6, 6.07) is 0. The third kappa shape index (κ3) is 1.84. The number of hydrogen-bond acceptors (Lipinski definition) is 4. The number of imide groups is 1. The molecule has 1 rings (SSSR count). The van der Waals surface area contributed by atoms with Gasteiger partial charge >= 0.3 is 17.9 Å². The van der Waals surface area contributed by atoms with Crippen LogP contribution in [-0.4, -0.2) is 41.5 Å². The number of hydrogen-bond donors (Lipinski definition) is 0. The van der Waals surface area contributed by atoms with Gasteiger partial charge in [-0.05, 0) is 11.5 Å². The zero-order valence-corrected chi connectivity index (χ0v) is 6.89. The highest BCUT2D eigenvalue weighted by molar-refractivity contribution is 6.40. The fourth-order valence-corrected chi connectivity index (χ4v) is 0.730. The summed E-state index contributed by atoms with van der Waals surface area (Å²) in [6.45, 7) is 1.74. The second-order valence-corrected chi connectivity index (χ2v) is 2.11. The molecule has 0 saturated carbocycles. The largest absolute Gasteiger partial charge is 0.605 e. The quantitative estimate of drug-likeness (QED) is 0.400. The van der Waals surface area contributed by atoms with Crippen LogP contribution in [0.1, 0.15) is 6.92 Å². The summed E-state index contributed by atoms with van der Waals surface area (Å²) in [6.07, 6.45) is 1.29. The van der Waals surface area contributed by atoms with E-state index in [0.29, 0.717) is 4.58 Å². The molecule has 1 aliphatic heterocycles. The van der Waals surface area contributed by atoms with Crippen LogP contribution in [0.2, 0.25) is 0 Å². The number of carbonyl (C=O) groups is 3. The van der Waals surface area contributed by atoms with Gasteiger partial charge in [-0.15, -0.1) is 0 Å². The minimum absolute atomic E-state index is 0.141. The molecule has 6 heteroatoms. The van der Waals surface area contributed by atoms with Crippen LogP contribution in [0.4, 0.5) is 4.79 Å². The molecule has 6 nitrogen and oxygen atoms in total. The maximum Gasteiger partial charge on any atom is 0.605 e. The van der Waals surface area contributed by atoms with E-state index in [9.17, 15) is 14.4 Å². The SMILES string of the molecule is CCOC(=O)[N+]1=CC=NC(=O)C1=O. The van der Waals surface area contributed by atoms with Gasteiger partial charge in [-0.25, -0.2) is 9.79 Å². The van der Waals surface area contributed by atoms with E-state index in [0.717, 1.165) is 12.4 Å². The summed E-state index contributed by atoms with van der Waals surface area (Å²) < 4.78 is 5.10. The number of nitrogens with zero attached hydrogens (tertiary/aromatic N) is 2. The molecule has 0 bridgehead atoms. The average Bonchev–Trinajstić information content (AvgIpc) is 2.10. The molecule has 0 aliphatic carbocycles. The van der Waals surface area contributed by atoms with Gasteiger partial charge in [-0.2, -0.15) is 4.79 Å². The van der Waals surface area contributed by atoms with Gasteiger partial charge in [0.2, 0.25) is 6.21 Å². The Morgan fingerprint density at radius 3 is 2.92 bits per heavy atom. The van der Waals surface area contributed by atoms with Crippen LogP contribution in [-0.2, 0) is 14.3 Å². The third-order valence-electron chi connectivity index (χ3n) is 1.27. The Balaban J connectivity index is 2.85. The first-order valence-electron chi connectivity index (χ1n) is 3.58. The first-order chi connectivity index (χ1) is 6.16. The van der Waals surface area contributed by atoms with Crippen LogP contribution < -0.4 is 0 Å². The summed E-state index contributed by atoms with van der Waals surface area (Å²) in [5.74, 6) is -1.98. The summed E-state index contributed by atoms with van der Waals surface area (Å²) in [5.41, 5.74) is 0. The predicted molar refractivity (Wildman–Crippen MR) is 41.9 cm³/mol. The first kappa shape index (κ1) is 9.24. The van der Waals surface area contributed by atoms with E-state index in [1.54, 1.807) is 6.92 Å². The second kappa shape index (κ2) is 3.70. The van der Waals surface area contributed by atoms with E-state index in [-0.39, 0.29) is 6.61 Å². The third-order valence-corrected chi connectivity index (χ3v) is 1.27. The Morgan fingerprint density at radius 2 is 2.31 bits per heavy atom. The molecule has 0 fully saturated rings. The van der Waals surface area contributed by atoms with E-state index in [4.69, 9.17) is 0 Å². The number of aliphatic imine (C=N–C) groups is 1. The van der Waals surface area contributed by atoms with Gasteiger partial charge in [-0.1, -0.05) is 0 Å². The molecule has 1 heterocycles. The molecule has 68 valence electrons. The van der Waals surface area contributed by atoms with Crippen molar-refractivity contribution in [3.8, 4) is 0 Å². The van der Waals surface area contributed by atoms with Crippen molar-refractivity contribution in [2.75, 3.05) is 6.61 Å². The highest BCUT2D eigenvalue weighted by Gasteiger charge is 2.36. The van der Waals surface area contributed by atoms with Crippen molar-refractivity contribution < 1.29 is 23.7 Å². The molecule has 0 N–H and O–H groups in total. The molecular weight excluding hydrogens is 176 g/mol. The van der Waals surface area contributed by atoms with Gasteiger partial charge < -0.3 is 4.74 Å². The topological polar surface area (TPSA) is 75.8 Å². The summed E-state index contributed by atoms with van der Waals surface area (Å²) in [7, 11) is 0. The van der Waals surface area contributed by atoms with Gasteiger partial charge in [0.1, 0.15) is 0 Å². The van der Waals surface area contributed by atoms with Gasteiger partial charge in [-0.3, -0.25) is 4.79 Å². The summed E-state index contributed by atoms with van der Waals surface area (Å²) >= 11 is 0. The zero-order chi connectivity index (χ0) is 9.84. The lowest BCUT2D eigenvalue weighted by Gasteiger charge is -1.97. The lowest BCUT2D eigenvalue weighted by atomic mass is 10.5. The van der Waals surface area contributed by atoms with Crippen LogP contribution in [0, 0.1) is 0 Å². The van der Waals surface area contributed by atoms with Crippen molar-refractivity contribution >= 4 is 30.3 Å². The van der Waals surface area contributed by atoms with E-state index >= 15 is 0 Å². The van der Waals surface area contributed by atoms with Crippen LogP contribution in [0.15, 0.2) is 4.99 Å². The first-order valence-corrected chi connectivity index (χ1v) is 3.58. The van der Waals surface area contributed by atoms with Gasteiger partial charge in [0.25, 0.3) is 0 Å². The Kier molecular flexibility index (Phi) is 2.63. The molecule has 0 aromatic carbocycles. The lowest BCUT2D eigenvalue weighted by molar-refractivity contribution is -0.367. The average molecular weight is 183 g/mol. The molecule has 0 atom stereocenters. The summed E-state index contributed by atoms with van der Waals surface area (Å²) in [5, 5.41) is 0. The minimum atomic E-state index is -0.999. The molecule has 0 saturated heterocycles. The van der Waals surface area contributed by atoms with E-state index in [2.05, 4.69) is 9.73 Å². The monoisotopic (exact) mass is 183 g/mol. The summed E-state index contributed by atoms with van der Waals surface area (Å²) in [4.78, 5) is 35.8. The Bertz CT molecular complexity index is 329. The van der Waals surface area contributed by atoms with Crippen LogP contribution >= 0.6 is 0 Å². The van der Waals surface area contributed by atoms with E-state index < -0.39 is 17.9 Å². The lowest BCUT2D eigenvalue weighted by Crippen LogP contribution is -2.36. The predicted octanol–water partition coefficient (Wildman–Crippen LogP) is -0.636. The smallest absolute Gasteiger partial charge is 0.412 e. The Labute approximate surface area is 73.5 Å². The molecule has 3 amide bonds. The van der Waals surface area contributed by atoms with Gasteiger partial charge in [0, 0.05) is 0 Å². The van der Waals surface area contributed by atoms with Crippen molar-refractivity contribution in [2.45, 2.75) is 6.92 Å². The van der Waals surface area contributed by atoms with Crippen molar-refractivity contribution in [1.82, 2.24) is 0 Å². The molecule has 0 unspecified atom stereocenters. The highest BCUT2D eigenvalue weighted by atomic mass is 16.5. The number of rotatable bonds is 1. The van der Waals surface area contributed by atoms with E-state index in [1.807, 2.05) is 0 Å². The molecule has 0 spiro atoms. The van der Waals surface area contributed by atoms with Gasteiger partial charge in [0.15, 0.2) is 0 Å². The normalized spacial score (nSPS) is 15.6. The van der Waals surface area contributed by atoms with Crippen LogP contribution in [0.5, 0.6) is 0 Å². The second-order valence-electron chi connectivity index (χ2n) is 2.11. The van der Waals surface area contributed by atoms with Crippen LogP contribution in [0.3, 0.4) is 0 Å².